The molecule has 1 aromatic carbocycles. The van der Waals surface area contributed by atoms with Gasteiger partial charge in [0, 0.05) is 20.7 Å². The average Bonchev–Trinajstić information content (AvgIpc) is 2.39. The van der Waals surface area contributed by atoms with Crippen LogP contribution in [0.3, 0.4) is 0 Å². The highest BCUT2D eigenvalue weighted by atomic mass is 16.5. The summed E-state index contributed by atoms with van der Waals surface area (Å²) >= 11 is 0. The van der Waals surface area contributed by atoms with Crippen molar-refractivity contribution in [2.75, 3.05) is 20.8 Å². The van der Waals surface area contributed by atoms with Crippen LogP contribution in [0.5, 0.6) is 0 Å². The molecule has 0 amide bonds. The van der Waals surface area contributed by atoms with Gasteiger partial charge < -0.3 is 9.64 Å². The molecule has 3 N–H and O–H groups in total. The maximum atomic E-state index is 5.53. The topological polar surface area (TPSA) is 62.9 Å². The molecule has 0 aliphatic heterocycles. The molecule has 1 rings (SSSR count). The molecule has 0 bridgehead atoms. The maximum absolute atomic E-state index is 5.53. The van der Waals surface area contributed by atoms with Gasteiger partial charge in [0.25, 0.3) is 0 Å². The Kier molecular flexibility index (Phi) is 6.32. The largest absolute Gasteiger partial charge is 0.382 e. The molecular weight excluding hydrogens is 240 g/mol. The Morgan fingerprint density at radius 2 is 2.05 bits per heavy atom. The van der Waals surface area contributed by atoms with Gasteiger partial charge in [0.05, 0.1) is 12.6 Å². The molecule has 0 saturated heterocycles. The molecule has 1 aromatic rings. The molecule has 106 valence electrons. The predicted octanol–water partition coefficient (Wildman–Crippen LogP) is 1.28. The van der Waals surface area contributed by atoms with Crippen LogP contribution in [0.15, 0.2) is 29.3 Å². The third-order valence-corrected chi connectivity index (χ3v) is 2.78. The molecule has 5 nitrogen and oxygen atoms in total. The minimum Gasteiger partial charge on any atom is -0.382 e. The van der Waals surface area contributed by atoms with Gasteiger partial charge in [-0.25, -0.2) is 10.8 Å². The molecule has 0 spiro atoms. The highest BCUT2D eigenvalue weighted by Crippen LogP contribution is 2.06. The molecule has 5 heteroatoms. The number of nitrogens with zero attached hydrogens (tertiary/aromatic N) is 2. The van der Waals surface area contributed by atoms with Crippen LogP contribution in [0.4, 0.5) is 0 Å². The number of ether oxygens (including phenoxy) is 1. The van der Waals surface area contributed by atoms with Gasteiger partial charge in [-0.15, -0.1) is 0 Å². The van der Waals surface area contributed by atoms with Gasteiger partial charge in [0.15, 0.2) is 0 Å². The number of nitrogens with one attached hydrogen (secondary N) is 1. The summed E-state index contributed by atoms with van der Waals surface area (Å²) in [5.41, 5.74) is 5.12. The van der Waals surface area contributed by atoms with Crippen LogP contribution < -0.4 is 11.3 Å². The van der Waals surface area contributed by atoms with Crippen molar-refractivity contribution in [2.45, 2.75) is 26.4 Å². The number of hydrogen-bond donors (Lipinski definition) is 2. The molecule has 19 heavy (non-hydrogen) atoms. The number of aliphatic imine (C=N–C) groups is 1. The second kappa shape index (κ2) is 7.76. The second-order valence-electron chi connectivity index (χ2n) is 4.74. The Balaban J connectivity index is 2.68. The quantitative estimate of drug-likeness (QED) is 0.364. The molecule has 0 fully saturated rings. The number of rotatable bonds is 5. The van der Waals surface area contributed by atoms with Gasteiger partial charge in [-0.2, -0.15) is 0 Å². The van der Waals surface area contributed by atoms with E-state index in [0.29, 0.717) is 12.6 Å². The van der Waals surface area contributed by atoms with E-state index in [4.69, 9.17) is 10.6 Å². The van der Waals surface area contributed by atoms with Gasteiger partial charge in [0.1, 0.15) is 0 Å². The number of methoxy groups -OCH3 is 1. The van der Waals surface area contributed by atoms with Gasteiger partial charge in [-0.1, -0.05) is 29.8 Å². The SMILES string of the molecule is COCC(C)N=C(NN)N(C)Cc1ccc(C)cc1. The minimum atomic E-state index is 0.0662. The fourth-order valence-electron chi connectivity index (χ4n) is 1.78. The molecule has 0 radical (unpaired) electrons. The van der Waals surface area contributed by atoms with E-state index in [0.717, 1.165) is 6.54 Å². The van der Waals surface area contributed by atoms with Crippen molar-refractivity contribution in [3.8, 4) is 0 Å². The summed E-state index contributed by atoms with van der Waals surface area (Å²) in [5.74, 6) is 6.19. The van der Waals surface area contributed by atoms with Crippen LogP contribution in [-0.4, -0.2) is 37.7 Å². The zero-order chi connectivity index (χ0) is 14.3. The molecule has 0 aromatic heterocycles. The Morgan fingerprint density at radius 1 is 1.42 bits per heavy atom. The summed E-state index contributed by atoms with van der Waals surface area (Å²) in [6.45, 7) is 5.39. The standard InChI is InChI=1S/C14H24N4O/c1-11-5-7-13(8-6-11)9-18(3)14(17-15)16-12(2)10-19-4/h5-8,12H,9-10,15H2,1-4H3,(H,16,17). The lowest BCUT2D eigenvalue weighted by Crippen LogP contribution is -2.43. The normalized spacial score (nSPS) is 13.2. The maximum Gasteiger partial charge on any atom is 0.208 e. The first kappa shape index (κ1) is 15.5. The fraction of sp³-hybridized carbons (Fsp3) is 0.500. The molecule has 0 aliphatic carbocycles. The van der Waals surface area contributed by atoms with Crippen LogP contribution in [0.1, 0.15) is 18.1 Å². The molecule has 1 unspecified atom stereocenters. The zero-order valence-corrected chi connectivity index (χ0v) is 12.2. The predicted molar refractivity (Wildman–Crippen MR) is 78.7 cm³/mol. The third kappa shape index (κ3) is 5.28. The van der Waals surface area contributed by atoms with Gasteiger partial charge >= 0.3 is 0 Å². The van der Waals surface area contributed by atoms with E-state index in [1.807, 2.05) is 18.9 Å². The highest BCUT2D eigenvalue weighted by molar-refractivity contribution is 5.79. The zero-order valence-electron chi connectivity index (χ0n) is 12.2. The summed E-state index contributed by atoms with van der Waals surface area (Å²) in [7, 11) is 3.62. The summed E-state index contributed by atoms with van der Waals surface area (Å²) in [6.07, 6.45) is 0. The molecule has 1 atom stereocenters. The Labute approximate surface area is 115 Å². The Morgan fingerprint density at radius 3 is 2.58 bits per heavy atom. The van der Waals surface area contributed by atoms with E-state index in [2.05, 4.69) is 41.6 Å². The van der Waals surface area contributed by atoms with Crippen molar-refractivity contribution in [1.29, 1.82) is 0 Å². The van der Waals surface area contributed by atoms with E-state index in [1.165, 1.54) is 11.1 Å². The summed E-state index contributed by atoms with van der Waals surface area (Å²) in [6, 6.07) is 8.49. The molecule has 0 aliphatic rings. The van der Waals surface area contributed by atoms with Gasteiger partial charge in [-0.05, 0) is 19.4 Å². The van der Waals surface area contributed by atoms with Crippen molar-refractivity contribution in [3.63, 3.8) is 0 Å². The Bertz CT molecular complexity index is 402. The number of aryl methyl sites for hydroxylation is 1. The minimum absolute atomic E-state index is 0.0662. The van der Waals surface area contributed by atoms with E-state index in [1.54, 1.807) is 7.11 Å². The van der Waals surface area contributed by atoms with Crippen molar-refractivity contribution < 1.29 is 4.74 Å². The highest BCUT2D eigenvalue weighted by Gasteiger charge is 2.08. The van der Waals surface area contributed by atoms with Crippen LogP contribution in [-0.2, 0) is 11.3 Å². The van der Waals surface area contributed by atoms with Crippen molar-refractivity contribution in [2.24, 2.45) is 10.8 Å². The molecule has 0 saturated carbocycles. The van der Waals surface area contributed by atoms with Crippen molar-refractivity contribution in [3.05, 3.63) is 35.4 Å². The smallest absolute Gasteiger partial charge is 0.208 e. The first-order valence-corrected chi connectivity index (χ1v) is 6.36. The number of nitrogens with two attached hydrogens (primary N) is 1. The van der Waals surface area contributed by atoms with E-state index < -0.39 is 0 Å². The Hall–Kier alpha value is -1.59. The molecule has 0 heterocycles. The third-order valence-electron chi connectivity index (χ3n) is 2.78. The fourth-order valence-corrected chi connectivity index (χ4v) is 1.78. The summed E-state index contributed by atoms with van der Waals surface area (Å²) < 4.78 is 5.07. The van der Waals surface area contributed by atoms with E-state index in [9.17, 15) is 0 Å². The second-order valence-corrected chi connectivity index (χ2v) is 4.74. The van der Waals surface area contributed by atoms with Crippen LogP contribution in [0, 0.1) is 6.92 Å². The summed E-state index contributed by atoms with van der Waals surface area (Å²) in [5, 5.41) is 0. The van der Waals surface area contributed by atoms with Crippen LogP contribution >= 0.6 is 0 Å². The van der Waals surface area contributed by atoms with Crippen LogP contribution in [0.2, 0.25) is 0 Å². The van der Waals surface area contributed by atoms with Crippen molar-refractivity contribution >= 4 is 5.96 Å². The molecular formula is C14H24N4O. The van der Waals surface area contributed by atoms with Gasteiger partial charge in [-0.3, -0.25) is 5.43 Å². The first-order chi connectivity index (χ1) is 9.06. The van der Waals surface area contributed by atoms with E-state index >= 15 is 0 Å². The lowest BCUT2D eigenvalue weighted by molar-refractivity contribution is 0.185. The van der Waals surface area contributed by atoms with Crippen molar-refractivity contribution in [1.82, 2.24) is 10.3 Å². The lowest BCUT2D eigenvalue weighted by atomic mass is 10.1. The lowest BCUT2D eigenvalue weighted by Gasteiger charge is -2.22. The number of benzene rings is 1. The van der Waals surface area contributed by atoms with Gasteiger partial charge in [0.2, 0.25) is 5.96 Å². The average molecular weight is 264 g/mol. The van der Waals surface area contributed by atoms with Crippen LogP contribution in [0.25, 0.3) is 0 Å². The number of hydrogen-bond acceptors (Lipinski definition) is 3. The number of hydrazine groups is 1. The number of guanidine groups is 1. The monoisotopic (exact) mass is 264 g/mol. The van der Waals surface area contributed by atoms with E-state index in [-0.39, 0.29) is 6.04 Å². The first-order valence-electron chi connectivity index (χ1n) is 6.36. The summed E-state index contributed by atoms with van der Waals surface area (Å²) in [4.78, 5) is 6.46.